The van der Waals surface area contributed by atoms with Gasteiger partial charge >= 0.3 is 5.97 Å². The average Bonchev–Trinajstić information content (AvgIpc) is 2.84. The summed E-state index contributed by atoms with van der Waals surface area (Å²) in [6.07, 6.45) is 0. The number of carboxylic acids is 1. The second-order valence-electron chi connectivity index (χ2n) is 4.06. The van der Waals surface area contributed by atoms with Crippen molar-refractivity contribution in [3.8, 4) is 5.75 Å². The Labute approximate surface area is 110 Å². The molecular weight excluding hydrogens is 246 g/mol. The minimum atomic E-state index is -1.08. The third-order valence-electron chi connectivity index (χ3n) is 2.48. The Morgan fingerprint density at radius 2 is 2.21 bits per heavy atom. The fourth-order valence-corrected chi connectivity index (χ4v) is 1.60. The van der Waals surface area contributed by atoms with Crippen molar-refractivity contribution < 1.29 is 19.1 Å². The maximum absolute atomic E-state index is 10.6. The summed E-state index contributed by atoms with van der Waals surface area (Å²) >= 11 is 0. The molecule has 2 N–H and O–H groups in total. The Hall–Kier alpha value is -2.43. The van der Waals surface area contributed by atoms with Crippen molar-refractivity contribution in [3.63, 3.8) is 0 Å². The van der Waals surface area contributed by atoms with Crippen LogP contribution in [0.3, 0.4) is 0 Å². The van der Waals surface area contributed by atoms with Gasteiger partial charge in [0.15, 0.2) is 5.88 Å². The molecule has 0 amide bonds. The number of hydrogen-bond donors (Lipinski definition) is 2. The lowest BCUT2D eigenvalue weighted by Gasteiger charge is -2.07. The van der Waals surface area contributed by atoms with Gasteiger partial charge in [-0.1, -0.05) is 12.1 Å². The highest BCUT2D eigenvalue weighted by Gasteiger charge is 2.07. The zero-order valence-corrected chi connectivity index (χ0v) is 10.6. The fourth-order valence-electron chi connectivity index (χ4n) is 1.60. The van der Waals surface area contributed by atoms with E-state index >= 15 is 0 Å². The van der Waals surface area contributed by atoms with Crippen LogP contribution >= 0.6 is 0 Å². The lowest BCUT2D eigenvalue weighted by Crippen LogP contribution is -2.11. The molecule has 19 heavy (non-hydrogen) atoms. The SMILES string of the molecule is Cc1cccc(OCCNc2ccc(C(=O)O)o2)c1. The Morgan fingerprint density at radius 3 is 2.89 bits per heavy atom. The number of rotatable bonds is 6. The van der Waals surface area contributed by atoms with E-state index in [9.17, 15) is 4.79 Å². The van der Waals surface area contributed by atoms with Gasteiger partial charge in [0.25, 0.3) is 0 Å². The third kappa shape index (κ3) is 3.77. The molecule has 0 unspecified atom stereocenters. The zero-order valence-electron chi connectivity index (χ0n) is 10.6. The monoisotopic (exact) mass is 261 g/mol. The van der Waals surface area contributed by atoms with Crippen LogP contribution in [0.5, 0.6) is 5.75 Å². The number of nitrogens with one attached hydrogen (secondary N) is 1. The highest BCUT2D eigenvalue weighted by Crippen LogP contribution is 2.14. The smallest absolute Gasteiger partial charge is 0.371 e. The van der Waals surface area contributed by atoms with E-state index in [1.807, 2.05) is 31.2 Å². The van der Waals surface area contributed by atoms with Crippen LogP contribution in [0, 0.1) is 6.92 Å². The summed E-state index contributed by atoms with van der Waals surface area (Å²) in [6, 6.07) is 10.8. The van der Waals surface area contributed by atoms with Gasteiger partial charge in [-0.2, -0.15) is 0 Å². The molecule has 0 aliphatic rings. The molecule has 0 aliphatic carbocycles. The van der Waals surface area contributed by atoms with Gasteiger partial charge in [0.2, 0.25) is 5.76 Å². The molecule has 0 radical (unpaired) electrons. The molecule has 2 rings (SSSR count). The predicted octanol–water partition coefficient (Wildman–Crippen LogP) is 2.78. The Balaban J connectivity index is 1.76. The molecule has 0 aliphatic heterocycles. The second-order valence-corrected chi connectivity index (χ2v) is 4.06. The molecule has 0 fully saturated rings. The number of carboxylic acid groups (broad SMARTS) is 1. The molecule has 0 saturated carbocycles. The summed E-state index contributed by atoms with van der Waals surface area (Å²) in [5, 5.41) is 11.6. The van der Waals surface area contributed by atoms with Crippen LogP contribution in [-0.2, 0) is 0 Å². The van der Waals surface area contributed by atoms with Gasteiger partial charge in [-0.3, -0.25) is 0 Å². The number of aromatic carboxylic acids is 1. The lowest BCUT2D eigenvalue weighted by molar-refractivity contribution is 0.0663. The molecule has 100 valence electrons. The number of anilines is 1. The number of benzene rings is 1. The molecule has 0 atom stereocenters. The number of ether oxygens (including phenoxy) is 1. The molecule has 0 bridgehead atoms. The number of carbonyl (C=O) groups is 1. The van der Waals surface area contributed by atoms with E-state index in [0.29, 0.717) is 19.0 Å². The van der Waals surface area contributed by atoms with Crippen molar-refractivity contribution >= 4 is 11.9 Å². The van der Waals surface area contributed by atoms with Crippen molar-refractivity contribution in [2.45, 2.75) is 6.92 Å². The first-order valence-electron chi connectivity index (χ1n) is 5.91. The largest absolute Gasteiger partial charge is 0.492 e. The molecule has 1 aromatic carbocycles. The summed E-state index contributed by atoms with van der Waals surface area (Å²) in [7, 11) is 0. The van der Waals surface area contributed by atoms with Crippen molar-refractivity contribution in [1.82, 2.24) is 0 Å². The summed E-state index contributed by atoms with van der Waals surface area (Å²) in [6.45, 7) is 2.99. The minimum Gasteiger partial charge on any atom is -0.492 e. The molecule has 5 heteroatoms. The van der Waals surface area contributed by atoms with Crippen molar-refractivity contribution in [1.29, 1.82) is 0 Å². The first-order valence-corrected chi connectivity index (χ1v) is 5.91. The highest BCUT2D eigenvalue weighted by atomic mass is 16.5. The van der Waals surface area contributed by atoms with E-state index in [2.05, 4.69) is 5.32 Å². The standard InChI is InChI=1S/C14H15NO4/c1-10-3-2-4-11(9-10)18-8-7-15-13-6-5-12(19-13)14(16)17/h2-6,9,15H,7-8H2,1H3,(H,16,17). The normalized spacial score (nSPS) is 10.2. The second kappa shape index (κ2) is 5.95. The molecule has 0 saturated heterocycles. The Kier molecular flexibility index (Phi) is 4.07. The Morgan fingerprint density at radius 1 is 1.37 bits per heavy atom. The maximum atomic E-state index is 10.6. The van der Waals surface area contributed by atoms with Crippen molar-refractivity contribution in [2.24, 2.45) is 0 Å². The quantitative estimate of drug-likeness (QED) is 0.782. The molecule has 1 aromatic heterocycles. The van der Waals surface area contributed by atoms with E-state index in [4.69, 9.17) is 14.3 Å². The van der Waals surface area contributed by atoms with Crippen LogP contribution in [0.1, 0.15) is 16.1 Å². The van der Waals surface area contributed by atoms with E-state index < -0.39 is 5.97 Å². The first kappa shape index (κ1) is 13.0. The third-order valence-corrected chi connectivity index (χ3v) is 2.48. The van der Waals surface area contributed by atoms with Crippen LogP contribution in [0.4, 0.5) is 5.88 Å². The van der Waals surface area contributed by atoms with Gasteiger partial charge in [0.05, 0.1) is 6.54 Å². The van der Waals surface area contributed by atoms with E-state index in [-0.39, 0.29) is 5.76 Å². The molecule has 2 aromatic rings. The van der Waals surface area contributed by atoms with E-state index in [1.54, 1.807) is 6.07 Å². The van der Waals surface area contributed by atoms with Gasteiger partial charge in [0, 0.05) is 6.07 Å². The van der Waals surface area contributed by atoms with Gasteiger partial charge in [-0.15, -0.1) is 0 Å². The maximum Gasteiger partial charge on any atom is 0.371 e. The molecule has 5 nitrogen and oxygen atoms in total. The van der Waals surface area contributed by atoms with Gasteiger partial charge < -0.3 is 19.6 Å². The highest BCUT2D eigenvalue weighted by molar-refractivity contribution is 5.84. The summed E-state index contributed by atoms with van der Waals surface area (Å²) in [5.41, 5.74) is 1.14. The van der Waals surface area contributed by atoms with Crippen LogP contribution in [0.15, 0.2) is 40.8 Å². The lowest BCUT2D eigenvalue weighted by atomic mass is 10.2. The number of aryl methyl sites for hydroxylation is 1. The van der Waals surface area contributed by atoms with Crippen LogP contribution in [0.25, 0.3) is 0 Å². The molecule has 0 spiro atoms. The minimum absolute atomic E-state index is 0.0814. The summed E-state index contributed by atoms with van der Waals surface area (Å²) in [4.78, 5) is 10.6. The van der Waals surface area contributed by atoms with E-state index in [0.717, 1.165) is 11.3 Å². The number of hydrogen-bond acceptors (Lipinski definition) is 4. The summed E-state index contributed by atoms with van der Waals surface area (Å²) < 4.78 is 10.6. The van der Waals surface area contributed by atoms with Crippen LogP contribution < -0.4 is 10.1 Å². The van der Waals surface area contributed by atoms with Gasteiger partial charge in [-0.05, 0) is 30.7 Å². The molecular formula is C14H15NO4. The fraction of sp³-hybridized carbons (Fsp3) is 0.214. The average molecular weight is 261 g/mol. The Bertz CT molecular complexity index is 562. The van der Waals surface area contributed by atoms with Crippen molar-refractivity contribution in [2.75, 3.05) is 18.5 Å². The topological polar surface area (TPSA) is 71.7 Å². The summed E-state index contributed by atoms with van der Waals surface area (Å²) in [5.74, 6) is 0.0730. The first-order chi connectivity index (χ1) is 9.15. The van der Waals surface area contributed by atoms with E-state index in [1.165, 1.54) is 6.07 Å². The van der Waals surface area contributed by atoms with Crippen molar-refractivity contribution in [3.05, 3.63) is 47.7 Å². The van der Waals surface area contributed by atoms with Crippen LogP contribution in [0.2, 0.25) is 0 Å². The zero-order chi connectivity index (χ0) is 13.7. The van der Waals surface area contributed by atoms with Gasteiger partial charge in [-0.25, -0.2) is 4.79 Å². The molecule has 1 heterocycles. The predicted molar refractivity (Wildman–Crippen MR) is 70.8 cm³/mol. The van der Waals surface area contributed by atoms with Gasteiger partial charge in [0.1, 0.15) is 12.4 Å². The van der Waals surface area contributed by atoms with Crippen LogP contribution in [-0.4, -0.2) is 24.2 Å². The number of furan rings is 1.